The summed E-state index contributed by atoms with van der Waals surface area (Å²) in [6.07, 6.45) is 15.4. The first-order chi connectivity index (χ1) is 21.2. The van der Waals surface area contributed by atoms with Crippen LogP contribution in [-0.2, 0) is 23.8 Å². The number of methoxy groups -OCH3 is 2. The third-order valence-electron chi connectivity index (χ3n) is 8.32. The van der Waals surface area contributed by atoms with Crippen LogP contribution in [0.5, 0.6) is 0 Å². The van der Waals surface area contributed by atoms with Gasteiger partial charge in [0.2, 0.25) is 5.76 Å². The van der Waals surface area contributed by atoms with Crippen LogP contribution in [0.2, 0.25) is 0 Å². The molecule has 0 amide bonds. The largest absolute Gasteiger partial charge is 0.490 e. The normalized spacial score (nSPS) is 32.0. The van der Waals surface area contributed by atoms with Crippen molar-refractivity contribution in [2.45, 2.75) is 92.3 Å². The molecule has 252 valence electrons. The number of aliphatic hydroxyl groups excluding tert-OH is 3. The summed E-state index contributed by atoms with van der Waals surface area (Å²) in [6, 6.07) is 0. The van der Waals surface area contributed by atoms with Crippen molar-refractivity contribution < 1.29 is 39.1 Å². The highest BCUT2D eigenvalue weighted by Gasteiger charge is 2.38. The topological polar surface area (TPSA) is 123 Å². The number of aliphatic hydroxyl groups is 3. The molecule has 8 heteroatoms. The van der Waals surface area contributed by atoms with E-state index in [2.05, 4.69) is 0 Å². The van der Waals surface area contributed by atoms with Gasteiger partial charge in [0, 0.05) is 30.8 Å². The van der Waals surface area contributed by atoms with E-state index in [9.17, 15) is 24.9 Å². The third-order valence-corrected chi connectivity index (χ3v) is 8.32. The summed E-state index contributed by atoms with van der Waals surface area (Å²) in [6.45, 7) is 14.7. The minimum Gasteiger partial charge on any atom is -0.490 e. The molecule has 0 saturated carbocycles. The van der Waals surface area contributed by atoms with Gasteiger partial charge in [-0.1, -0.05) is 100 Å². The van der Waals surface area contributed by atoms with Gasteiger partial charge in [0.1, 0.15) is 12.2 Å². The lowest BCUT2D eigenvalue weighted by atomic mass is 9.84. The predicted molar refractivity (Wildman–Crippen MR) is 179 cm³/mol. The molecular formula is C37H56O8. The maximum absolute atomic E-state index is 13.4. The average Bonchev–Trinajstić information content (AvgIpc) is 3.01. The SMILES string of the molecule is C/C=C/C=C/[C@@H](O)[C@@H](C)/C=C/C(=O)[C@@H](C)[C@H](O)[C@H](C)[C@H]1OC(=O)/C(OC)=C\C(C)=C/[C@@H](C)[C@@H](O)[C@@H](C)C/C(C)=C\C=C\[C@@H]1OC. The quantitative estimate of drug-likeness (QED) is 0.149. The lowest BCUT2D eigenvalue weighted by Crippen LogP contribution is -2.45. The van der Waals surface area contributed by atoms with Crippen LogP contribution in [-0.4, -0.2) is 71.8 Å². The van der Waals surface area contributed by atoms with Crippen molar-refractivity contribution in [3.8, 4) is 0 Å². The molecule has 0 aromatic heterocycles. The Morgan fingerprint density at radius 1 is 1.09 bits per heavy atom. The van der Waals surface area contributed by atoms with E-state index >= 15 is 0 Å². The third kappa shape index (κ3) is 13.1. The molecule has 0 unspecified atom stereocenters. The summed E-state index contributed by atoms with van der Waals surface area (Å²) in [5.41, 5.74) is 1.77. The van der Waals surface area contributed by atoms with Crippen LogP contribution in [0, 0.1) is 29.6 Å². The zero-order chi connectivity index (χ0) is 34.3. The van der Waals surface area contributed by atoms with E-state index in [1.165, 1.54) is 20.3 Å². The molecule has 1 aliphatic heterocycles. The fourth-order valence-electron chi connectivity index (χ4n) is 5.29. The second-order valence-electron chi connectivity index (χ2n) is 12.3. The molecule has 8 nitrogen and oxygen atoms in total. The minimum atomic E-state index is -1.19. The summed E-state index contributed by atoms with van der Waals surface area (Å²) in [5, 5.41) is 32.6. The Hall–Kier alpha value is -3.04. The number of hydrogen-bond donors (Lipinski definition) is 3. The van der Waals surface area contributed by atoms with E-state index in [1.807, 2.05) is 58.9 Å². The van der Waals surface area contributed by atoms with E-state index in [1.54, 1.807) is 57.2 Å². The highest BCUT2D eigenvalue weighted by Crippen LogP contribution is 2.27. The molecule has 0 aliphatic carbocycles. The Morgan fingerprint density at radius 3 is 2.36 bits per heavy atom. The van der Waals surface area contributed by atoms with Crippen molar-refractivity contribution in [2.75, 3.05) is 14.2 Å². The fourth-order valence-corrected chi connectivity index (χ4v) is 5.29. The van der Waals surface area contributed by atoms with Gasteiger partial charge in [-0.05, 0) is 45.3 Å². The average molecular weight is 629 g/mol. The first kappa shape index (κ1) is 40.0. The maximum atomic E-state index is 13.4. The molecule has 0 bridgehead atoms. The highest BCUT2D eigenvalue weighted by atomic mass is 16.6. The van der Waals surface area contributed by atoms with Gasteiger partial charge in [0.15, 0.2) is 5.78 Å². The van der Waals surface area contributed by atoms with Crippen LogP contribution in [0.4, 0.5) is 0 Å². The van der Waals surface area contributed by atoms with Gasteiger partial charge >= 0.3 is 5.97 Å². The Bertz CT molecular complexity index is 1160. The Labute approximate surface area is 270 Å². The standard InChI is InChI=1S/C37H56O8/c1-11-12-13-16-30(38)25(4)18-19-31(39)28(7)35(41)29(8)36-32(43-9)17-14-15-23(2)20-26(5)34(40)27(6)21-24(3)22-33(44-10)37(42)45-36/h11-19,21-22,25-30,32,34-36,38,40-41H,20H2,1-10H3/b12-11+,16-13+,17-14+,19-18+,23-15-,24-21-,33-22+/t25-,26-,27+,28+,29-,30+,32-,34-,35-,36+/m0/s1. The van der Waals surface area contributed by atoms with E-state index in [0.29, 0.717) is 6.42 Å². The number of cyclic esters (lactones) is 1. The number of ketones is 1. The first-order valence-electron chi connectivity index (χ1n) is 15.8. The van der Waals surface area contributed by atoms with Gasteiger partial charge in [0.25, 0.3) is 0 Å². The van der Waals surface area contributed by atoms with Crippen molar-refractivity contribution in [3.05, 3.63) is 83.7 Å². The minimum absolute atomic E-state index is 0.00686. The summed E-state index contributed by atoms with van der Waals surface area (Å²) in [5.74, 6) is -3.18. The van der Waals surface area contributed by atoms with Crippen molar-refractivity contribution in [3.63, 3.8) is 0 Å². The molecule has 1 aliphatic rings. The number of ether oxygens (including phenoxy) is 3. The van der Waals surface area contributed by atoms with E-state index < -0.39 is 48.3 Å². The van der Waals surface area contributed by atoms with Gasteiger partial charge in [0.05, 0.1) is 25.4 Å². The van der Waals surface area contributed by atoms with Crippen LogP contribution in [0.3, 0.4) is 0 Å². The molecule has 0 aromatic rings. The summed E-state index contributed by atoms with van der Waals surface area (Å²) in [4.78, 5) is 26.5. The van der Waals surface area contributed by atoms with Crippen molar-refractivity contribution >= 4 is 11.8 Å². The Kier molecular flexibility index (Phi) is 17.9. The molecular weight excluding hydrogens is 572 g/mol. The van der Waals surface area contributed by atoms with Crippen molar-refractivity contribution in [1.82, 2.24) is 0 Å². The molecule has 0 fully saturated rings. The van der Waals surface area contributed by atoms with Gasteiger partial charge < -0.3 is 29.5 Å². The molecule has 1 rings (SSSR count). The predicted octanol–water partition coefficient (Wildman–Crippen LogP) is 5.82. The Balaban J connectivity index is 3.41. The lowest BCUT2D eigenvalue weighted by Gasteiger charge is -2.33. The number of carbonyl (C=O) groups excluding carboxylic acids is 2. The second kappa shape index (κ2) is 20.2. The summed E-state index contributed by atoms with van der Waals surface area (Å²) >= 11 is 0. The highest BCUT2D eigenvalue weighted by molar-refractivity contribution is 5.92. The zero-order valence-corrected chi connectivity index (χ0v) is 28.7. The van der Waals surface area contributed by atoms with Crippen LogP contribution < -0.4 is 0 Å². The molecule has 1 heterocycles. The van der Waals surface area contributed by atoms with E-state index in [-0.39, 0.29) is 29.3 Å². The van der Waals surface area contributed by atoms with Crippen LogP contribution >= 0.6 is 0 Å². The molecule has 3 N–H and O–H groups in total. The zero-order valence-electron chi connectivity index (χ0n) is 28.7. The number of carbonyl (C=O) groups is 2. The second-order valence-corrected chi connectivity index (χ2v) is 12.3. The molecule has 0 aromatic carbocycles. The fraction of sp³-hybridized carbons (Fsp3) is 0.568. The molecule has 10 atom stereocenters. The van der Waals surface area contributed by atoms with Crippen LogP contribution in [0.1, 0.15) is 61.8 Å². The van der Waals surface area contributed by atoms with Gasteiger partial charge in [-0.3, -0.25) is 4.79 Å². The van der Waals surface area contributed by atoms with E-state index in [4.69, 9.17) is 14.2 Å². The molecule has 0 radical (unpaired) electrons. The monoisotopic (exact) mass is 628 g/mol. The van der Waals surface area contributed by atoms with Gasteiger partial charge in [-0.15, -0.1) is 0 Å². The number of allylic oxidation sites excluding steroid dienone is 9. The molecule has 0 saturated heterocycles. The summed E-state index contributed by atoms with van der Waals surface area (Å²) in [7, 11) is 2.85. The van der Waals surface area contributed by atoms with Crippen molar-refractivity contribution in [2.24, 2.45) is 29.6 Å². The maximum Gasteiger partial charge on any atom is 0.373 e. The number of hydrogen-bond acceptors (Lipinski definition) is 8. The summed E-state index contributed by atoms with van der Waals surface area (Å²) < 4.78 is 17.1. The van der Waals surface area contributed by atoms with Crippen LogP contribution in [0.25, 0.3) is 0 Å². The Morgan fingerprint density at radius 2 is 1.76 bits per heavy atom. The van der Waals surface area contributed by atoms with Gasteiger partial charge in [-0.2, -0.15) is 0 Å². The molecule has 0 spiro atoms. The lowest BCUT2D eigenvalue weighted by molar-refractivity contribution is -0.162. The first-order valence-corrected chi connectivity index (χ1v) is 15.8. The van der Waals surface area contributed by atoms with Gasteiger partial charge in [-0.25, -0.2) is 4.79 Å². The van der Waals surface area contributed by atoms with Crippen molar-refractivity contribution in [1.29, 1.82) is 0 Å². The van der Waals surface area contributed by atoms with E-state index in [0.717, 1.165) is 11.1 Å². The molecule has 45 heavy (non-hydrogen) atoms. The smallest absolute Gasteiger partial charge is 0.373 e. The number of rotatable bonds is 11. The number of esters is 1. The van der Waals surface area contributed by atoms with Crippen LogP contribution in [0.15, 0.2) is 83.7 Å².